The van der Waals surface area contributed by atoms with Crippen LogP contribution in [0.15, 0.2) is 0 Å². The Hall–Kier alpha value is -0.120. The third kappa shape index (κ3) is 6.39. The minimum Gasteiger partial charge on any atom is -0.385 e. The lowest BCUT2D eigenvalue weighted by atomic mass is 10.3. The van der Waals surface area contributed by atoms with Crippen LogP contribution < -0.4 is 5.32 Å². The molecule has 2 aliphatic carbocycles. The summed E-state index contributed by atoms with van der Waals surface area (Å²) in [5.41, 5.74) is 0. The Morgan fingerprint density at radius 2 is 1.71 bits per heavy atom. The molecular formula is C14H28N2O. The second-order valence-electron chi connectivity index (χ2n) is 5.74. The van der Waals surface area contributed by atoms with Crippen molar-refractivity contribution in [3.8, 4) is 0 Å². The van der Waals surface area contributed by atoms with Crippen LogP contribution in [0.2, 0.25) is 0 Å². The molecule has 0 radical (unpaired) electrons. The van der Waals surface area contributed by atoms with Crippen molar-refractivity contribution in [1.82, 2.24) is 10.2 Å². The molecule has 2 aliphatic rings. The molecule has 3 heteroatoms. The molecule has 0 unspecified atom stereocenters. The minimum absolute atomic E-state index is 0.876. The number of hydrogen-bond donors (Lipinski definition) is 1. The Balaban J connectivity index is 1.49. The molecule has 17 heavy (non-hydrogen) atoms. The van der Waals surface area contributed by atoms with E-state index < -0.39 is 0 Å². The van der Waals surface area contributed by atoms with Crippen LogP contribution in [0.25, 0.3) is 0 Å². The maximum atomic E-state index is 5.04. The predicted octanol–water partition coefficient (Wildman–Crippen LogP) is 1.73. The van der Waals surface area contributed by atoms with Gasteiger partial charge in [0.1, 0.15) is 0 Å². The van der Waals surface area contributed by atoms with Crippen molar-refractivity contribution in [2.24, 2.45) is 11.8 Å². The van der Waals surface area contributed by atoms with Crippen LogP contribution in [0, 0.1) is 11.8 Å². The van der Waals surface area contributed by atoms with E-state index in [1.165, 1.54) is 45.3 Å². The average Bonchev–Trinajstić information content (AvgIpc) is 3.18. The third-order valence-electron chi connectivity index (χ3n) is 3.73. The number of methoxy groups -OCH3 is 1. The molecule has 0 bridgehead atoms. The predicted molar refractivity (Wildman–Crippen MR) is 71.3 cm³/mol. The van der Waals surface area contributed by atoms with Crippen molar-refractivity contribution >= 4 is 0 Å². The highest BCUT2D eigenvalue weighted by molar-refractivity contribution is 4.82. The van der Waals surface area contributed by atoms with Gasteiger partial charge in [0.25, 0.3) is 0 Å². The normalized spacial score (nSPS) is 20.1. The quantitative estimate of drug-likeness (QED) is 0.557. The molecule has 1 N–H and O–H groups in total. The van der Waals surface area contributed by atoms with Gasteiger partial charge in [0, 0.05) is 39.9 Å². The summed E-state index contributed by atoms with van der Waals surface area (Å²) in [4.78, 5) is 2.69. The summed E-state index contributed by atoms with van der Waals surface area (Å²) in [5.74, 6) is 2.06. The molecule has 0 heterocycles. The highest BCUT2D eigenvalue weighted by Gasteiger charge is 2.28. The molecule has 2 fully saturated rings. The number of ether oxygens (including phenoxy) is 1. The SMILES string of the molecule is COCCCNCCN(CC1CC1)CC1CC1. The van der Waals surface area contributed by atoms with Crippen LogP contribution in [0.4, 0.5) is 0 Å². The topological polar surface area (TPSA) is 24.5 Å². The van der Waals surface area contributed by atoms with Crippen molar-refractivity contribution in [1.29, 1.82) is 0 Å². The smallest absolute Gasteiger partial charge is 0.0474 e. The fourth-order valence-electron chi connectivity index (χ4n) is 2.29. The summed E-state index contributed by atoms with van der Waals surface area (Å²) >= 11 is 0. The maximum absolute atomic E-state index is 5.04. The Kier molecular flexibility index (Phi) is 5.75. The summed E-state index contributed by atoms with van der Waals surface area (Å²) in [6.07, 6.45) is 7.03. The first kappa shape index (κ1) is 13.3. The lowest BCUT2D eigenvalue weighted by Gasteiger charge is -2.22. The van der Waals surface area contributed by atoms with E-state index in [2.05, 4.69) is 10.2 Å². The van der Waals surface area contributed by atoms with Gasteiger partial charge in [-0.15, -0.1) is 0 Å². The fraction of sp³-hybridized carbons (Fsp3) is 1.00. The lowest BCUT2D eigenvalue weighted by Crippen LogP contribution is -2.35. The van der Waals surface area contributed by atoms with Crippen molar-refractivity contribution < 1.29 is 4.74 Å². The lowest BCUT2D eigenvalue weighted by molar-refractivity contribution is 0.193. The summed E-state index contributed by atoms with van der Waals surface area (Å²) in [7, 11) is 1.77. The van der Waals surface area contributed by atoms with Crippen LogP contribution in [-0.2, 0) is 4.74 Å². The van der Waals surface area contributed by atoms with Crippen molar-refractivity contribution in [3.63, 3.8) is 0 Å². The molecule has 3 nitrogen and oxygen atoms in total. The minimum atomic E-state index is 0.876. The third-order valence-corrected chi connectivity index (χ3v) is 3.73. The zero-order valence-corrected chi connectivity index (χ0v) is 11.3. The zero-order valence-electron chi connectivity index (χ0n) is 11.3. The number of rotatable bonds is 11. The van der Waals surface area contributed by atoms with E-state index in [4.69, 9.17) is 4.74 Å². The molecular weight excluding hydrogens is 212 g/mol. The van der Waals surface area contributed by atoms with Crippen molar-refractivity contribution in [2.45, 2.75) is 32.1 Å². The van der Waals surface area contributed by atoms with Crippen LogP contribution in [0.1, 0.15) is 32.1 Å². The van der Waals surface area contributed by atoms with E-state index in [1.54, 1.807) is 7.11 Å². The van der Waals surface area contributed by atoms with Gasteiger partial charge in [-0.25, -0.2) is 0 Å². The molecule has 2 rings (SSSR count). The van der Waals surface area contributed by atoms with Crippen LogP contribution >= 0.6 is 0 Å². The van der Waals surface area contributed by atoms with Gasteiger partial charge in [-0.3, -0.25) is 0 Å². The molecule has 0 saturated heterocycles. The first-order valence-electron chi connectivity index (χ1n) is 7.30. The molecule has 0 aromatic carbocycles. The second-order valence-corrected chi connectivity index (χ2v) is 5.74. The second kappa shape index (κ2) is 7.34. The Morgan fingerprint density at radius 1 is 1.06 bits per heavy atom. The molecule has 2 saturated carbocycles. The largest absolute Gasteiger partial charge is 0.385 e. The first-order valence-corrected chi connectivity index (χ1v) is 7.30. The number of nitrogens with one attached hydrogen (secondary N) is 1. The molecule has 0 atom stereocenters. The maximum Gasteiger partial charge on any atom is 0.0474 e. The van der Waals surface area contributed by atoms with Crippen molar-refractivity contribution in [2.75, 3.05) is 46.4 Å². The summed E-state index contributed by atoms with van der Waals surface area (Å²) in [6.45, 7) is 7.06. The van der Waals surface area contributed by atoms with Crippen molar-refractivity contribution in [3.05, 3.63) is 0 Å². The van der Waals surface area contributed by atoms with E-state index in [0.29, 0.717) is 0 Å². The fourth-order valence-corrected chi connectivity index (χ4v) is 2.29. The Bertz CT molecular complexity index is 188. The first-order chi connectivity index (χ1) is 8.38. The number of hydrogen-bond acceptors (Lipinski definition) is 3. The van der Waals surface area contributed by atoms with Gasteiger partial charge in [-0.05, 0) is 50.5 Å². The molecule has 0 aromatic rings. The number of nitrogens with zero attached hydrogens (tertiary/aromatic N) is 1. The van der Waals surface area contributed by atoms with Gasteiger partial charge in [0.2, 0.25) is 0 Å². The Morgan fingerprint density at radius 3 is 2.24 bits per heavy atom. The van der Waals surface area contributed by atoms with Gasteiger partial charge in [0.05, 0.1) is 0 Å². The molecule has 0 amide bonds. The van der Waals surface area contributed by atoms with Gasteiger partial charge in [0.15, 0.2) is 0 Å². The zero-order chi connectivity index (χ0) is 11.9. The van der Waals surface area contributed by atoms with E-state index >= 15 is 0 Å². The standard InChI is InChI=1S/C14H28N2O/c1-17-10-2-7-15-8-9-16(11-13-3-4-13)12-14-5-6-14/h13-15H,2-12H2,1H3. The van der Waals surface area contributed by atoms with Crippen LogP contribution in [-0.4, -0.2) is 51.3 Å². The van der Waals surface area contributed by atoms with E-state index in [1.807, 2.05) is 0 Å². The van der Waals surface area contributed by atoms with Gasteiger partial charge >= 0.3 is 0 Å². The van der Waals surface area contributed by atoms with Crippen LogP contribution in [0.5, 0.6) is 0 Å². The monoisotopic (exact) mass is 240 g/mol. The molecule has 0 spiro atoms. The summed E-state index contributed by atoms with van der Waals surface area (Å²) in [6, 6.07) is 0. The highest BCUT2D eigenvalue weighted by atomic mass is 16.5. The summed E-state index contributed by atoms with van der Waals surface area (Å²) < 4.78 is 5.04. The molecule has 0 aromatic heterocycles. The van der Waals surface area contributed by atoms with Gasteiger partial charge in [-0.1, -0.05) is 0 Å². The van der Waals surface area contributed by atoms with E-state index in [0.717, 1.165) is 38.0 Å². The summed E-state index contributed by atoms with van der Waals surface area (Å²) in [5, 5.41) is 3.52. The van der Waals surface area contributed by atoms with Gasteiger partial charge < -0.3 is 15.0 Å². The molecule has 100 valence electrons. The Labute approximate surface area is 106 Å². The van der Waals surface area contributed by atoms with Gasteiger partial charge in [-0.2, -0.15) is 0 Å². The van der Waals surface area contributed by atoms with E-state index in [9.17, 15) is 0 Å². The van der Waals surface area contributed by atoms with Crippen LogP contribution in [0.3, 0.4) is 0 Å². The highest BCUT2D eigenvalue weighted by Crippen LogP contribution is 2.33. The average molecular weight is 240 g/mol. The van der Waals surface area contributed by atoms with E-state index in [-0.39, 0.29) is 0 Å². The molecule has 0 aliphatic heterocycles.